The minimum absolute atomic E-state index is 0.284. The molecule has 0 saturated carbocycles. The summed E-state index contributed by atoms with van der Waals surface area (Å²) in [5.74, 6) is 1.93. The number of nitrogens with zero attached hydrogens (tertiary/aromatic N) is 1. The van der Waals surface area contributed by atoms with Gasteiger partial charge in [-0.2, -0.15) is 0 Å². The van der Waals surface area contributed by atoms with Crippen molar-refractivity contribution in [1.82, 2.24) is 0 Å². The van der Waals surface area contributed by atoms with Gasteiger partial charge in [0.2, 0.25) is 0 Å². The van der Waals surface area contributed by atoms with Crippen LogP contribution in [-0.2, 0) is 0 Å². The Hall–Kier alpha value is -1.69. The SMILES string of the molecule is CCCCCCCCCCCCOc1ccc(Sc2ccc(OCCCCCCCCCC[N+](C)(C)CCO)cc2)cc1. The van der Waals surface area contributed by atoms with E-state index in [0.717, 1.165) is 48.6 Å². The Bertz CT molecular complexity index is 900. The monoisotopic (exact) mass is 614 g/mol. The number of rotatable bonds is 28. The van der Waals surface area contributed by atoms with Crippen LogP contribution in [0.5, 0.6) is 11.5 Å². The fourth-order valence-corrected chi connectivity index (χ4v) is 6.22. The van der Waals surface area contributed by atoms with Gasteiger partial charge in [0.05, 0.1) is 40.5 Å². The molecule has 244 valence electrons. The Morgan fingerprint density at radius 1 is 0.512 bits per heavy atom. The normalized spacial score (nSPS) is 11.6. The van der Waals surface area contributed by atoms with Crippen molar-refractivity contribution in [3.05, 3.63) is 48.5 Å². The summed E-state index contributed by atoms with van der Waals surface area (Å²) >= 11 is 1.78. The van der Waals surface area contributed by atoms with Gasteiger partial charge in [0.1, 0.15) is 18.0 Å². The number of benzene rings is 2. The second-order valence-corrected chi connectivity index (χ2v) is 14.0. The second kappa shape index (κ2) is 24.6. The Morgan fingerprint density at radius 3 is 1.28 bits per heavy atom. The minimum atomic E-state index is 0.284. The number of aliphatic hydroxyl groups is 1. The number of unbranched alkanes of at least 4 members (excludes halogenated alkanes) is 16. The summed E-state index contributed by atoms with van der Waals surface area (Å²) in [6.07, 6.45) is 23.7. The van der Waals surface area contributed by atoms with E-state index in [2.05, 4.69) is 69.6 Å². The van der Waals surface area contributed by atoms with Gasteiger partial charge in [0, 0.05) is 9.79 Å². The van der Waals surface area contributed by atoms with Gasteiger partial charge in [0.25, 0.3) is 0 Å². The highest BCUT2D eigenvalue weighted by Crippen LogP contribution is 2.30. The number of aliphatic hydroxyl groups excluding tert-OH is 1. The highest BCUT2D eigenvalue weighted by molar-refractivity contribution is 7.99. The molecule has 2 rings (SSSR count). The van der Waals surface area contributed by atoms with Gasteiger partial charge in [-0.25, -0.2) is 0 Å². The third-order valence-electron chi connectivity index (χ3n) is 8.28. The Labute approximate surface area is 269 Å². The summed E-state index contributed by atoms with van der Waals surface area (Å²) in [6, 6.07) is 17.0. The molecule has 2 aromatic carbocycles. The molecular weight excluding hydrogens is 550 g/mol. The van der Waals surface area contributed by atoms with Gasteiger partial charge < -0.3 is 19.1 Å². The molecule has 0 aromatic heterocycles. The lowest BCUT2D eigenvalue weighted by Gasteiger charge is -2.28. The van der Waals surface area contributed by atoms with E-state index in [-0.39, 0.29) is 6.61 Å². The lowest BCUT2D eigenvalue weighted by atomic mass is 10.1. The van der Waals surface area contributed by atoms with Crippen LogP contribution >= 0.6 is 11.8 Å². The van der Waals surface area contributed by atoms with Crippen molar-refractivity contribution in [3.63, 3.8) is 0 Å². The standard InChI is InChI=1S/C38H64NO3S/c1-4-5-6-7-8-9-11-14-17-20-33-41-35-22-26-37(27-23-35)43-38-28-24-36(25-29-38)42-34-21-18-15-12-10-13-16-19-30-39(2,3)31-32-40/h22-29,40H,4-21,30-34H2,1-3H3/q+1. The molecule has 0 fully saturated rings. The zero-order valence-corrected chi connectivity index (χ0v) is 28.8. The molecule has 5 heteroatoms. The van der Waals surface area contributed by atoms with Crippen LogP contribution in [0.4, 0.5) is 0 Å². The Kier molecular flexibility index (Phi) is 21.5. The first-order chi connectivity index (χ1) is 21.0. The number of hydrogen-bond acceptors (Lipinski definition) is 4. The summed E-state index contributed by atoms with van der Waals surface area (Å²) in [5, 5.41) is 9.12. The van der Waals surface area contributed by atoms with Crippen LogP contribution in [0.25, 0.3) is 0 Å². The molecule has 0 aliphatic carbocycles. The first kappa shape index (κ1) is 37.5. The van der Waals surface area contributed by atoms with E-state index in [1.165, 1.54) is 119 Å². The summed E-state index contributed by atoms with van der Waals surface area (Å²) in [5.41, 5.74) is 0. The van der Waals surface area contributed by atoms with Crippen LogP contribution in [0.2, 0.25) is 0 Å². The maximum atomic E-state index is 9.12. The third-order valence-corrected chi connectivity index (χ3v) is 9.30. The predicted octanol–water partition coefficient (Wildman–Crippen LogP) is 10.7. The first-order valence-electron chi connectivity index (χ1n) is 17.6. The molecule has 0 heterocycles. The Balaban J connectivity index is 1.46. The number of quaternary nitrogens is 1. The van der Waals surface area contributed by atoms with Crippen molar-refractivity contribution in [1.29, 1.82) is 0 Å². The van der Waals surface area contributed by atoms with Gasteiger partial charge in [0.15, 0.2) is 0 Å². The van der Waals surface area contributed by atoms with Gasteiger partial charge in [-0.1, -0.05) is 109 Å². The fraction of sp³-hybridized carbons (Fsp3) is 0.684. The molecule has 4 nitrogen and oxygen atoms in total. The number of hydrogen-bond donors (Lipinski definition) is 1. The second-order valence-electron chi connectivity index (χ2n) is 12.9. The van der Waals surface area contributed by atoms with Crippen molar-refractivity contribution in [3.8, 4) is 11.5 Å². The van der Waals surface area contributed by atoms with Crippen LogP contribution in [-0.4, -0.2) is 56.6 Å². The maximum absolute atomic E-state index is 9.12. The largest absolute Gasteiger partial charge is 0.494 e. The third kappa shape index (κ3) is 20.1. The molecule has 0 saturated heterocycles. The molecule has 0 atom stereocenters. The molecule has 0 amide bonds. The molecule has 0 radical (unpaired) electrons. The zero-order chi connectivity index (χ0) is 30.9. The molecule has 0 aliphatic heterocycles. The quantitative estimate of drug-likeness (QED) is 0.0764. The van der Waals surface area contributed by atoms with E-state index in [1.807, 2.05) is 0 Å². The van der Waals surface area contributed by atoms with Gasteiger partial charge in [-0.3, -0.25) is 0 Å². The topological polar surface area (TPSA) is 38.7 Å². The number of ether oxygens (including phenoxy) is 2. The van der Waals surface area contributed by atoms with Crippen LogP contribution in [0.15, 0.2) is 58.3 Å². The summed E-state index contributed by atoms with van der Waals surface area (Å²) in [6.45, 7) is 6.20. The summed E-state index contributed by atoms with van der Waals surface area (Å²) in [4.78, 5) is 2.45. The molecule has 1 N–H and O–H groups in total. The molecule has 0 unspecified atom stereocenters. The van der Waals surface area contributed by atoms with Crippen LogP contribution in [0.3, 0.4) is 0 Å². The van der Waals surface area contributed by atoms with Gasteiger partial charge in [-0.15, -0.1) is 0 Å². The van der Waals surface area contributed by atoms with Crippen LogP contribution < -0.4 is 9.47 Å². The maximum Gasteiger partial charge on any atom is 0.119 e. The molecule has 43 heavy (non-hydrogen) atoms. The highest BCUT2D eigenvalue weighted by Gasteiger charge is 2.12. The van der Waals surface area contributed by atoms with E-state index in [9.17, 15) is 0 Å². The average molecular weight is 615 g/mol. The van der Waals surface area contributed by atoms with Crippen molar-refractivity contribution in [2.75, 3.05) is 47.0 Å². The molecule has 2 aromatic rings. The summed E-state index contributed by atoms with van der Waals surface area (Å²) in [7, 11) is 4.42. The van der Waals surface area contributed by atoms with Crippen LogP contribution in [0, 0.1) is 0 Å². The van der Waals surface area contributed by atoms with E-state index in [0.29, 0.717) is 0 Å². The van der Waals surface area contributed by atoms with Crippen molar-refractivity contribution in [2.24, 2.45) is 0 Å². The van der Waals surface area contributed by atoms with Crippen LogP contribution in [0.1, 0.15) is 122 Å². The lowest BCUT2D eigenvalue weighted by molar-refractivity contribution is -0.890. The van der Waals surface area contributed by atoms with Gasteiger partial charge in [-0.05, 0) is 74.2 Å². The fourth-order valence-electron chi connectivity index (χ4n) is 5.40. The van der Waals surface area contributed by atoms with Gasteiger partial charge >= 0.3 is 0 Å². The molecular formula is C38H64NO3S+. The predicted molar refractivity (Wildman–Crippen MR) is 186 cm³/mol. The first-order valence-corrected chi connectivity index (χ1v) is 18.4. The molecule has 0 spiro atoms. The summed E-state index contributed by atoms with van der Waals surface area (Å²) < 4.78 is 12.9. The van der Waals surface area contributed by atoms with Crippen molar-refractivity contribution >= 4 is 11.8 Å². The van der Waals surface area contributed by atoms with E-state index >= 15 is 0 Å². The average Bonchev–Trinajstić information content (AvgIpc) is 3.00. The Morgan fingerprint density at radius 2 is 0.884 bits per heavy atom. The van der Waals surface area contributed by atoms with Crippen molar-refractivity contribution in [2.45, 2.75) is 132 Å². The minimum Gasteiger partial charge on any atom is -0.494 e. The van der Waals surface area contributed by atoms with E-state index < -0.39 is 0 Å². The smallest absolute Gasteiger partial charge is 0.119 e. The van der Waals surface area contributed by atoms with E-state index in [1.54, 1.807) is 11.8 Å². The molecule has 0 aliphatic rings. The number of likely N-dealkylation sites (N-methyl/N-ethyl adjacent to an activating group) is 1. The zero-order valence-electron chi connectivity index (χ0n) is 28.0. The highest BCUT2D eigenvalue weighted by atomic mass is 32.2. The molecule has 0 bridgehead atoms. The van der Waals surface area contributed by atoms with E-state index in [4.69, 9.17) is 14.6 Å². The van der Waals surface area contributed by atoms with Crippen molar-refractivity contribution < 1.29 is 19.1 Å². The lowest BCUT2D eigenvalue weighted by Crippen LogP contribution is -2.42.